The monoisotopic (exact) mass is 1050 g/mol. The van der Waals surface area contributed by atoms with Crippen LogP contribution in [0.1, 0.15) is 117 Å². The van der Waals surface area contributed by atoms with Gasteiger partial charge in [-0.05, 0) is 191 Å². The van der Waals surface area contributed by atoms with Crippen molar-refractivity contribution in [3.63, 3.8) is 0 Å². The summed E-state index contributed by atoms with van der Waals surface area (Å²) in [5.41, 5.74) is 28.8. The summed E-state index contributed by atoms with van der Waals surface area (Å²) in [5, 5.41) is 7.76. The minimum absolute atomic E-state index is 0.114. The summed E-state index contributed by atoms with van der Waals surface area (Å²) in [7, 11) is 0. The van der Waals surface area contributed by atoms with E-state index >= 15 is 0 Å². The van der Waals surface area contributed by atoms with Gasteiger partial charge < -0.3 is 9.80 Å². The molecule has 81 heavy (non-hydrogen) atoms. The van der Waals surface area contributed by atoms with E-state index in [1.54, 1.807) is 0 Å². The molecule has 0 amide bonds. The summed E-state index contributed by atoms with van der Waals surface area (Å²) in [6.45, 7) is 26.0. The van der Waals surface area contributed by atoms with Crippen molar-refractivity contribution in [1.82, 2.24) is 0 Å². The predicted octanol–water partition coefficient (Wildman–Crippen LogP) is 22.6. The Hall–Kier alpha value is -8.72. The van der Waals surface area contributed by atoms with Gasteiger partial charge in [-0.3, -0.25) is 0 Å². The Morgan fingerprint density at radius 3 is 1.23 bits per heavy atom. The molecule has 12 aromatic carbocycles. The first-order valence-electron chi connectivity index (χ1n) is 29.3. The highest BCUT2D eigenvalue weighted by Crippen LogP contribution is 2.57. The average Bonchev–Trinajstić information content (AvgIpc) is 3.39. The lowest BCUT2D eigenvalue weighted by atomic mass is 9.81. The number of hydrogen-bond acceptors (Lipinski definition) is 2. The summed E-state index contributed by atoms with van der Waals surface area (Å²) >= 11 is 0. The average molecular weight is 1050 g/mol. The molecule has 0 unspecified atom stereocenters. The third-order valence-corrected chi connectivity index (χ3v) is 18.7. The third-order valence-electron chi connectivity index (χ3n) is 18.7. The number of aryl methyl sites for hydroxylation is 3. The molecule has 2 heteroatoms. The van der Waals surface area contributed by atoms with Crippen molar-refractivity contribution in [3.05, 3.63) is 262 Å². The second-order valence-electron chi connectivity index (χ2n) is 25.0. The molecule has 0 bridgehead atoms. The Labute approximate surface area is 479 Å². The Kier molecular flexibility index (Phi) is 11.6. The fourth-order valence-electron chi connectivity index (χ4n) is 14.4. The SMILES string of the molecule is Cc1ccc(-c2ccccc2)cc1N(c1ccc2c(c1)-c1ccccc1C2(C)C)c1cc(C(C)C)c2ccc3c(N(c4cc(-c5ccccc5)ccc4C)c4cc5c(cc4C)C(C)(C)c4ccccc4-5)cc(C(C)C)c4ccc1c2c43. The molecule has 0 saturated heterocycles. The third kappa shape index (κ3) is 7.74. The largest absolute Gasteiger partial charge is 0.310 e. The van der Waals surface area contributed by atoms with Gasteiger partial charge in [0.15, 0.2) is 0 Å². The van der Waals surface area contributed by atoms with Gasteiger partial charge in [0.2, 0.25) is 0 Å². The van der Waals surface area contributed by atoms with Gasteiger partial charge in [-0.2, -0.15) is 0 Å². The number of rotatable bonds is 10. The lowest BCUT2D eigenvalue weighted by Gasteiger charge is -2.34. The van der Waals surface area contributed by atoms with E-state index in [0.717, 1.165) is 5.69 Å². The molecule has 0 fully saturated rings. The molecule has 14 rings (SSSR count). The molecule has 0 radical (unpaired) electrons. The van der Waals surface area contributed by atoms with Crippen molar-refractivity contribution in [2.24, 2.45) is 0 Å². The molecule has 0 N–H and O–H groups in total. The number of nitrogens with zero attached hydrogens (tertiary/aromatic N) is 2. The normalized spacial score (nSPS) is 13.8. The van der Waals surface area contributed by atoms with E-state index < -0.39 is 0 Å². The Morgan fingerprint density at radius 2 is 0.716 bits per heavy atom. The van der Waals surface area contributed by atoms with Gasteiger partial charge in [-0.25, -0.2) is 0 Å². The van der Waals surface area contributed by atoms with Crippen LogP contribution >= 0.6 is 0 Å². The summed E-state index contributed by atoms with van der Waals surface area (Å²) in [6, 6.07) is 81.2. The fourth-order valence-corrected chi connectivity index (χ4v) is 14.4. The van der Waals surface area contributed by atoms with Gasteiger partial charge in [-0.15, -0.1) is 0 Å². The zero-order chi connectivity index (χ0) is 55.8. The second-order valence-corrected chi connectivity index (χ2v) is 25.0. The standard InChI is InChI=1S/C79H70N2/c1-47(2)63-44-74(80(71-41-54(32-30-49(71)5)52-22-14-12-15-23-52)56-34-39-69-65(43-56)57-26-18-20-28-67(57)78(69,8)9)61-37-35-60-64(48(3)4)45-75(62-38-36-59(63)76(61)77(60)62)81(72-42-55(33-31-50(72)6)53-24-16-13-17-25-53)73-46-66-58-27-19-21-29-68(58)79(10,11)70(66)40-51(73)7/h12-48H,1-11H3. The highest BCUT2D eigenvalue weighted by molar-refractivity contribution is 6.29. The summed E-state index contributed by atoms with van der Waals surface area (Å²) < 4.78 is 0. The van der Waals surface area contributed by atoms with Crippen LogP contribution in [-0.4, -0.2) is 0 Å². The molecular formula is C79H70N2. The van der Waals surface area contributed by atoms with Crippen LogP contribution in [0, 0.1) is 20.8 Å². The molecule has 2 aliphatic carbocycles. The van der Waals surface area contributed by atoms with Crippen molar-refractivity contribution < 1.29 is 0 Å². The maximum absolute atomic E-state index is 2.64. The van der Waals surface area contributed by atoms with Crippen LogP contribution in [-0.2, 0) is 10.8 Å². The van der Waals surface area contributed by atoms with E-state index in [2.05, 4.69) is 298 Å². The molecule has 2 nitrogen and oxygen atoms in total. The first-order valence-corrected chi connectivity index (χ1v) is 29.3. The van der Waals surface area contributed by atoms with E-state index in [9.17, 15) is 0 Å². The minimum atomic E-state index is -0.122. The smallest absolute Gasteiger partial charge is 0.0543 e. The van der Waals surface area contributed by atoms with Crippen LogP contribution in [0.15, 0.2) is 212 Å². The Morgan fingerprint density at radius 1 is 0.296 bits per heavy atom. The Balaban J connectivity index is 1.09. The zero-order valence-corrected chi connectivity index (χ0v) is 48.8. The van der Waals surface area contributed by atoms with Gasteiger partial charge in [0, 0.05) is 44.4 Å². The molecule has 0 atom stereocenters. The van der Waals surface area contributed by atoms with Crippen molar-refractivity contribution in [2.45, 2.75) is 98.8 Å². The Bertz CT molecular complexity index is 4500. The van der Waals surface area contributed by atoms with E-state index in [-0.39, 0.29) is 22.7 Å². The predicted molar refractivity (Wildman–Crippen MR) is 348 cm³/mol. The lowest BCUT2D eigenvalue weighted by Crippen LogP contribution is -2.17. The number of fused-ring (bicyclic) bond motifs is 6. The maximum atomic E-state index is 2.64. The van der Waals surface area contributed by atoms with Crippen LogP contribution in [0.25, 0.3) is 76.8 Å². The van der Waals surface area contributed by atoms with Crippen molar-refractivity contribution in [3.8, 4) is 44.5 Å². The number of anilines is 6. The first kappa shape index (κ1) is 50.5. The van der Waals surface area contributed by atoms with Crippen molar-refractivity contribution in [1.29, 1.82) is 0 Å². The van der Waals surface area contributed by atoms with Crippen LogP contribution in [0.2, 0.25) is 0 Å². The number of benzene rings is 12. The molecule has 0 spiro atoms. The molecule has 396 valence electrons. The summed E-state index contributed by atoms with van der Waals surface area (Å²) in [4.78, 5) is 5.25. The lowest BCUT2D eigenvalue weighted by molar-refractivity contribution is 0.660. The van der Waals surface area contributed by atoms with Gasteiger partial charge in [0.05, 0.1) is 11.4 Å². The first-order chi connectivity index (χ1) is 39.1. The molecule has 2 aliphatic rings. The highest BCUT2D eigenvalue weighted by atomic mass is 15.2. The topological polar surface area (TPSA) is 6.48 Å². The van der Waals surface area contributed by atoms with E-state index in [1.165, 1.54) is 155 Å². The molecule has 0 aliphatic heterocycles. The highest BCUT2D eigenvalue weighted by Gasteiger charge is 2.38. The maximum Gasteiger partial charge on any atom is 0.0543 e. The molecule has 0 saturated carbocycles. The summed E-state index contributed by atoms with van der Waals surface area (Å²) in [6.07, 6.45) is 0. The van der Waals surface area contributed by atoms with Crippen LogP contribution in [0.5, 0.6) is 0 Å². The quantitative estimate of drug-likeness (QED) is 0.126. The number of hydrogen-bond donors (Lipinski definition) is 0. The van der Waals surface area contributed by atoms with Gasteiger partial charge in [0.1, 0.15) is 0 Å². The van der Waals surface area contributed by atoms with Crippen LogP contribution in [0.3, 0.4) is 0 Å². The van der Waals surface area contributed by atoms with Crippen molar-refractivity contribution >= 4 is 66.4 Å². The van der Waals surface area contributed by atoms with Gasteiger partial charge in [0.25, 0.3) is 0 Å². The molecule has 12 aromatic rings. The van der Waals surface area contributed by atoms with Crippen LogP contribution in [0.4, 0.5) is 34.1 Å². The van der Waals surface area contributed by atoms with Crippen LogP contribution < -0.4 is 9.80 Å². The zero-order valence-electron chi connectivity index (χ0n) is 48.8. The summed E-state index contributed by atoms with van der Waals surface area (Å²) in [5.74, 6) is 0.480. The molecule has 0 aromatic heterocycles. The van der Waals surface area contributed by atoms with E-state index in [1.807, 2.05) is 0 Å². The van der Waals surface area contributed by atoms with Gasteiger partial charge >= 0.3 is 0 Å². The second kappa shape index (κ2) is 18.7. The van der Waals surface area contributed by atoms with Gasteiger partial charge in [-0.1, -0.05) is 225 Å². The molecule has 0 heterocycles. The van der Waals surface area contributed by atoms with E-state index in [0.29, 0.717) is 0 Å². The van der Waals surface area contributed by atoms with Crippen molar-refractivity contribution in [2.75, 3.05) is 9.80 Å². The fraction of sp³-hybridized carbons (Fsp3) is 0.190. The van der Waals surface area contributed by atoms with E-state index in [4.69, 9.17) is 0 Å². The molecular weight excluding hydrogens is 977 g/mol. The minimum Gasteiger partial charge on any atom is -0.310 e.